The fraction of sp³-hybridized carbons (Fsp3) is 0.483. The van der Waals surface area contributed by atoms with Gasteiger partial charge in [-0.2, -0.15) is 9.78 Å². The zero-order valence-corrected chi connectivity index (χ0v) is 70.0. The number of aromatic nitrogens is 8. The zero-order chi connectivity index (χ0) is 82.2. The minimum absolute atomic E-state index is 0. The number of benzene rings is 2. The third-order valence-electron chi connectivity index (χ3n) is 23.9. The van der Waals surface area contributed by atoms with E-state index < -0.39 is 35.5 Å². The molecular weight excluding hydrogens is 1570 g/mol. The van der Waals surface area contributed by atoms with Gasteiger partial charge in [0, 0.05) is 149 Å². The molecule has 7 aliphatic heterocycles. The molecule has 0 unspecified atom stereocenters. The predicted octanol–water partition coefficient (Wildman–Crippen LogP) is 11.6. The van der Waals surface area contributed by atoms with Crippen molar-refractivity contribution in [1.82, 2.24) is 53.1 Å². The van der Waals surface area contributed by atoms with Crippen LogP contribution in [-0.4, -0.2) is 213 Å². The van der Waals surface area contributed by atoms with Crippen molar-refractivity contribution >= 4 is 97.1 Å². The molecule has 7 aromatic heterocycles. The van der Waals surface area contributed by atoms with Crippen LogP contribution in [0.3, 0.4) is 0 Å². The number of aldehydes is 1. The Labute approximate surface area is 697 Å². The average molecular weight is 1690 g/mol. The average Bonchev–Trinajstić information content (AvgIpc) is 1.40. The number of carbonyl (C=O) groups excluding carboxylic acids is 1. The Morgan fingerprint density at radius 3 is 1.36 bits per heavy atom. The molecule has 16 rings (SSSR count). The number of hydrogen-bond donors (Lipinski definition) is 3. The molecule has 0 saturated carbocycles. The Morgan fingerprint density at radius 2 is 0.966 bits per heavy atom. The smallest absolute Gasteiger partial charge is 0.399 e. The van der Waals surface area contributed by atoms with Gasteiger partial charge in [-0.25, -0.2) is 23.7 Å². The van der Waals surface area contributed by atoms with E-state index in [1.54, 1.807) is 73.1 Å². The largest absolute Gasteiger partial charge is 0.496 e. The molecule has 9 aromatic rings. The molecule has 7 saturated heterocycles. The second kappa shape index (κ2) is 36.6. The Hall–Kier alpha value is -9.57. The van der Waals surface area contributed by atoms with Crippen LogP contribution in [-0.2, 0) is 50.1 Å². The van der Waals surface area contributed by atoms with E-state index in [1.807, 2.05) is 79.1 Å². The van der Waals surface area contributed by atoms with E-state index >= 15 is 8.78 Å². The summed E-state index contributed by atoms with van der Waals surface area (Å²) in [7, 11) is 4.46. The standard InChI is InChI=1S/C39H41F2N7O4.C26H38BN5O4.C20H26BrN5O2.2CH4/c1-6-27-19-46(29-21-52-22-29)9-10-47(27)28-7-8-35(42-17-28)44-33-12-24(18-45(5)37(33)50)30-14-26(40)15-34(31(30)20-49)48-38(51)36-23(16-43-48)11-25(13-32(36)41)39(2,3)4;1-7-19-15-31(21-16-34-17-21)10-11-32(19)20-8-9-23(28-13-20)29-22-12-18(14-30(6)24(22)33)27-35-25(2,3)26(4,5)36-27;1-3-15-11-25(17-12-28-13-17)6-7-26(15)16-4-5-19(22-9-16)23-18-8-14(21)10-24(2)20(18)27;;/h7-8,11-18,20,27,29H,6,9-10,19,21-22H2,1-5H3,(H,42,44);8-9,12-14,19,21H,7,10-11,15-17H2,1-6H3,(H,28,29);4-5,8-10,15,17H,3,6-7,11-13H2,1-2H3,(H,22,23);2*1H4/t27-;19-;15-;;/m000../s1. The lowest BCUT2D eigenvalue weighted by atomic mass is 9.80. The fourth-order valence-corrected chi connectivity index (χ4v) is 16.5. The highest BCUT2D eigenvalue weighted by molar-refractivity contribution is 9.10. The van der Waals surface area contributed by atoms with Crippen molar-refractivity contribution in [2.45, 2.75) is 156 Å². The highest BCUT2D eigenvalue weighted by atomic mass is 79.9. The third-order valence-corrected chi connectivity index (χ3v) is 24.4. The summed E-state index contributed by atoms with van der Waals surface area (Å²) in [6, 6.07) is 25.0. The van der Waals surface area contributed by atoms with Crippen LogP contribution >= 0.6 is 15.9 Å². The Balaban J connectivity index is 0.000000170. The Bertz CT molecular complexity index is 5290. The van der Waals surface area contributed by atoms with E-state index in [0.717, 1.165) is 162 Å². The molecule has 0 aliphatic carbocycles. The van der Waals surface area contributed by atoms with Gasteiger partial charge in [0.2, 0.25) is 0 Å². The molecule has 0 radical (unpaired) electrons. The number of hydrogen-bond acceptors (Lipinski definition) is 23. The van der Waals surface area contributed by atoms with Gasteiger partial charge in [0.15, 0.2) is 6.29 Å². The molecule has 3 N–H and O–H groups in total. The molecule has 7 fully saturated rings. The monoisotopic (exact) mass is 1680 g/mol. The van der Waals surface area contributed by atoms with Crippen LogP contribution in [0.2, 0.25) is 0 Å². The molecule has 0 spiro atoms. The lowest BCUT2D eigenvalue weighted by molar-refractivity contribution is -0.0698. The van der Waals surface area contributed by atoms with Crippen molar-refractivity contribution in [2.24, 2.45) is 21.1 Å². The van der Waals surface area contributed by atoms with Gasteiger partial charge in [-0.1, -0.05) is 56.4 Å². The van der Waals surface area contributed by atoms with Crippen LogP contribution in [0, 0.1) is 11.6 Å². The quantitative estimate of drug-likeness (QED) is 0.0502. The second-order valence-electron chi connectivity index (χ2n) is 33.2. The molecule has 3 atom stereocenters. The van der Waals surface area contributed by atoms with E-state index in [0.29, 0.717) is 82.5 Å². The number of ether oxygens (including phenoxy) is 3. The van der Waals surface area contributed by atoms with Crippen molar-refractivity contribution < 1.29 is 37.1 Å². The summed E-state index contributed by atoms with van der Waals surface area (Å²) in [5.41, 5.74) is 3.25. The van der Waals surface area contributed by atoms with Crippen LogP contribution in [0.15, 0.2) is 146 Å². The van der Waals surface area contributed by atoms with Gasteiger partial charge in [-0.15, -0.1) is 0 Å². The van der Waals surface area contributed by atoms with Crippen molar-refractivity contribution in [1.29, 1.82) is 0 Å². The number of pyridine rings is 6. The highest BCUT2D eigenvalue weighted by Gasteiger charge is 2.52. The minimum Gasteiger partial charge on any atom is -0.399 e. The molecule has 0 bridgehead atoms. The molecule has 0 amide bonds. The molecule has 7 aliphatic rings. The van der Waals surface area contributed by atoms with E-state index in [9.17, 15) is 24.0 Å². The fourth-order valence-electron chi connectivity index (χ4n) is 15.9. The summed E-state index contributed by atoms with van der Waals surface area (Å²) in [5, 5.41) is 13.7. The molecule has 630 valence electrons. The summed E-state index contributed by atoms with van der Waals surface area (Å²) in [5.74, 6) is 0.212. The number of nitrogens with zero attached hydrogens (tertiary/aromatic N) is 14. The number of carbonyl (C=O) groups is 1. The number of piperazine rings is 3. The Morgan fingerprint density at radius 1 is 0.542 bits per heavy atom. The number of anilines is 9. The summed E-state index contributed by atoms with van der Waals surface area (Å²) in [6.07, 6.45) is 15.5. The number of aryl methyl sites for hydroxylation is 3. The number of halogens is 3. The normalized spacial score (nSPS) is 19.8. The molecule has 27 nitrogen and oxygen atoms in total. The maximum atomic E-state index is 15.4. The molecule has 31 heteroatoms. The van der Waals surface area contributed by atoms with E-state index in [4.69, 9.17) is 23.5 Å². The van der Waals surface area contributed by atoms with Gasteiger partial charge in [0.1, 0.15) is 46.2 Å². The highest BCUT2D eigenvalue weighted by Crippen LogP contribution is 2.38. The van der Waals surface area contributed by atoms with Crippen LogP contribution in [0.5, 0.6) is 0 Å². The van der Waals surface area contributed by atoms with Crippen molar-refractivity contribution in [3.63, 3.8) is 0 Å². The maximum absolute atomic E-state index is 15.4. The lowest BCUT2D eigenvalue weighted by Gasteiger charge is -2.47. The summed E-state index contributed by atoms with van der Waals surface area (Å²) in [6.45, 7) is 34.5. The first-order valence-electron chi connectivity index (χ1n) is 40.1. The van der Waals surface area contributed by atoms with Crippen LogP contribution in [0.1, 0.15) is 119 Å². The maximum Gasteiger partial charge on any atom is 0.496 e. The summed E-state index contributed by atoms with van der Waals surface area (Å²) in [4.78, 5) is 93.4. The van der Waals surface area contributed by atoms with E-state index in [2.05, 4.69) is 114 Å². The SMILES string of the molecule is C.C.CC[C@H]1CN(C2COC2)CCN1c1ccc(Nc2cc(-c3cc(F)cc(-n4ncc5cc(C(C)(C)C)cc(F)c5c4=O)c3C=O)cn(C)c2=O)nc1.CC[C@H]1CN(C2COC2)CCN1c1ccc(Nc2cc(B3OC(C)(C)C(C)(C)O3)cn(C)c2=O)nc1.CC[C@H]1CN(C2COC2)CCN1c1ccc(Nc2cc(Br)cn(C)c2=O)nc1. The first-order chi connectivity index (χ1) is 55.5. The van der Waals surface area contributed by atoms with Crippen LogP contribution in [0.25, 0.3) is 27.6 Å². The summed E-state index contributed by atoms with van der Waals surface area (Å²) >= 11 is 3.42. The summed E-state index contributed by atoms with van der Waals surface area (Å²) < 4.78 is 65.3. The van der Waals surface area contributed by atoms with Crippen molar-refractivity contribution in [2.75, 3.05) is 129 Å². The van der Waals surface area contributed by atoms with Gasteiger partial charge < -0.3 is 67.9 Å². The third kappa shape index (κ3) is 18.7. The molecule has 2 aromatic carbocycles. The number of fused-ring (bicyclic) bond motifs is 1. The van der Waals surface area contributed by atoms with E-state index in [-0.39, 0.29) is 70.2 Å². The topological polar surface area (TPSA) is 258 Å². The van der Waals surface area contributed by atoms with Crippen molar-refractivity contribution in [3.8, 4) is 16.8 Å². The molecule has 14 heterocycles. The van der Waals surface area contributed by atoms with Gasteiger partial charge in [0.25, 0.3) is 22.2 Å². The molecular formula is C87H113BBrF2N17O10. The van der Waals surface area contributed by atoms with Gasteiger partial charge >= 0.3 is 7.12 Å². The number of rotatable bonds is 19. The number of nitrogens with one attached hydrogen (secondary N) is 3. The lowest BCUT2D eigenvalue weighted by Crippen LogP contribution is -2.60. The molecule has 118 heavy (non-hydrogen) atoms. The van der Waals surface area contributed by atoms with Crippen LogP contribution < -0.4 is 58.3 Å². The first kappa shape index (κ1) is 87.7. The van der Waals surface area contributed by atoms with Gasteiger partial charge in [-0.3, -0.25) is 38.7 Å². The van der Waals surface area contributed by atoms with Gasteiger partial charge in [-0.05, 0) is 152 Å². The second-order valence-corrected chi connectivity index (χ2v) is 34.1. The van der Waals surface area contributed by atoms with Crippen LogP contribution in [0.4, 0.5) is 60.4 Å². The van der Waals surface area contributed by atoms with E-state index in [1.165, 1.54) is 29.1 Å². The van der Waals surface area contributed by atoms with Gasteiger partial charge in [0.05, 0.1) is 122 Å². The predicted molar refractivity (Wildman–Crippen MR) is 468 cm³/mol. The first-order valence-corrected chi connectivity index (χ1v) is 40.9. The Kier molecular flexibility index (Phi) is 27.2. The zero-order valence-electron chi connectivity index (χ0n) is 68.4. The minimum atomic E-state index is -0.840. The van der Waals surface area contributed by atoms with Crippen molar-refractivity contribution in [3.05, 3.63) is 191 Å².